The molecule has 1 aliphatic heterocycles. The lowest BCUT2D eigenvalue weighted by Gasteiger charge is -2.33. The van der Waals surface area contributed by atoms with Gasteiger partial charge in [0.2, 0.25) is 0 Å². The number of aryl methyl sites for hydroxylation is 2. The van der Waals surface area contributed by atoms with Crippen LogP contribution in [0, 0.1) is 6.92 Å². The van der Waals surface area contributed by atoms with Gasteiger partial charge < -0.3 is 14.7 Å². The number of benzene rings is 1. The van der Waals surface area contributed by atoms with Gasteiger partial charge in [-0.05, 0) is 56.0 Å². The molecule has 1 fully saturated rings. The lowest BCUT2D eigenvalue weighted by atomic mass is 9.90. The van der Waals surface area contributed by atoms with Crippen molar-refractivity contribution in [2.45, 2.75) is 39.0 Å². The quantitative estimate of drug-likeness (QED) is 0.828. The Morgan fingerprint density at radius 2 is 1.96 bits per heavy atom. The molecule has 1 atom stereocenters. The Bertz CT molecular complexity index is 848. The molecule has 0 aliphatic carbocycles. The number of carbonyl (C=O) groups is 2. The van der Waals surface area contributed by atoms with Crippen LogP contribution in [0.3, 0.4) is 0 Å². The lowest BCUT2D eigenvalue weighted by Crippen LogP contribution is -2.41. The van der Waals surface area contributed by atoms with Gasteiger partial charge in [-0.25, -0.2) is 4.79 Å². The number of amides is 1. The number of carboxylic acids is 1. The first kappa shape index (κ1) is 19.9. The highest BCUT2D eigenvalue weighted by molar-refractivity contribution is 5.87. The van der Waals surface area contributed by atoms with Crippen molar-refractivity contribution in [1.82, 2.24) is 9.88 Å². The minimum absolute atomic E-state index is 0.00239. The summed E-state index contributed by atoms with van der Waals surface area (Å²) in [7, 11) is 0. The molecule has 1 aromatic heterocycles. The summed E-state index contributed by atoms with van der Waals surface area (Å²) in [5.74, 6) is -0.0808. The number of hydrogen-bond donors (Lipinski definition) is 1. The van der Waals surface area contributed by atoms with Crippen molar-refractivity contribution in [3.63, 3.8) is 0 Å². The zero-order valence-electron chi connectivity index (χ0n) is 16.4. The zero-order chi connectivity index (χ0) is 20.1. The van der Waals surface area contributed by atoms with Crippen LogP contribution in [0.2, 0.25) is 0 Å². The van der Waals surface area contributed by atoms with E-state index in [-0.39, 0.29) is 24.0 Å². The molecule has 0 radical (unpaired) electrons. The summed E-state index contributed by atoms with van der Waals surface area (Å²) >= 11 is 0. The summed E-state index contributed by atoms with van der Waals surface area (Å²) in [5, 5.41) is 9.04. The van der Waals surface area contributed by atoms with E-state index < -0.39 is 5.97 Å². The Morgan fingerprint density at radius 3 is 2.64 bits per heavy atom. The van der Waals surface area contributed by atoms with E-state index in [1.54, 1.807) is 12.1 Å². The number of piperidine rings is 1. The number of ether oxygens (including phenoxy) is 1. The second-order valence-electron chi connectivity index (χ2n) is 7.15. The number of nitrogens with zero attached hydrogens (tertiary/aromatic N) is 2. The number of aromatic carboxylic acids is 1. The Balaban J connectivity index is 1.60. The second kappa shape index (κ2) is 8.87. The average molecular weight is 382 g/mol. The third-order valence-corrected chi connectivity index (χ3v) is 5.16. The molecule has 3 rings (SSSR count). The van der Waals surface area contributed by atoms with E-state index in [9.17, 15) is 9.59 Å². The van der Waals surface area contributed by atoms with Gasteiger partial charge in [-0.15, -0.1) is 0 Å². The highest BCUT2D eigenvalue weighted by atomic mass is 16.5. The normalized spacial score (nSPS) is 16.6. The standard InChI is InChI=1S/C22H26N2O4/c1-3-19-20(11-6-15(2)23-19)28-14-21(25)24-12-4-5-18(13-24)16-7-9-17(10-8-16)22(26)27/h6-11,18H,3-5,12-14H2,1-2H3,(H,26,27). The summed E-state index contributed by atoms with van der Waals surface area (Å²) in [4.78, 5) is 30.0. The maximum atomic E-state index is 12.7. The molecule has 1 unspecified atom stereocenters. The molecule has 0 saturated carbocycles. The van der Waals surface area contributed by atoms with Crippen LogP contribution in [-0.4, -0.2) is 46.6 Å². The third-order valence-electron chi connectivity index (χ3n) is 5.16. The molecule has 0 spiro atoms. The van der Waals surface area contributed by atoms with Crippen LogP contribution < -0.4 is 4.74 Å². The van der Waals surface area contributed by atoms with Gasteiger partial charge in [0, 0.05) is 24.7 Å². The monoisotopic (exact) mass is 382 g/mol. The molecule has 6 nitrogen and oxygen atoms in total. The largest absolute Gasteiger partial charge is 0.482 e. The summed E-state index contributed by atoms with van der Waals surface area (Å²) < 4.78 is 5.76. The molecule has 2 heterocycles. The van der Waals surface area contributed by atoms with E-state index in [1.807, 2.05) is 43.0 Å². The van der Waals surface area contributed by atoms with Crippen molar-refractivity contribution in [2.24, 2.45) is 0 Å². The van der Waals surface area contributed by atoms with Gasteiger partial charge in [-0.1, -0.05) is 19.1 Å². The van der Waals surface area contributed by atoms with Crippen LogP contribution in [0.5, 0.6) is 5.75 Å². The number of pyridine rings is 1. The predicted molar refractivity (Wildman–Crippen MR) is 106 cm³/mol. The summed E-state index contributed by atoms with van der Waals surface area (Å²) in [6, 6.07) is 10.7. The molecule has 6 heteroatoms. The number of carbonyl (C=O) groups excluding carboxylic acids is 1. The minimum Gasteiger partial charge on any atom is -0.482 e. The molecule has 28 heavy (non-hydrogen) atoms. The summed E-state index contributed by atoms with van der Waals surface area (Å²) in [5.41, 5.74) is 3.14. The molecule has 148 valence electrons. The fourth-order valence-electron chi connectivity index (χ4n) is 3.59. The van der Waals surface area contributed by atoms with Crippen molar-refractivity contribution in [1.29, 1.82) is 0 Å². The maximum absolute atomic E-state index is 12.7. The van der Waals surface area contributed by atoms with Gasteiger partial charge in [0.1, 0.15) is 5.75 Å². The smallest absolute Gasteiger partial charge is 0.335 e. The van der Waals surface area contributed by atoms with Crippen molar-refractivity contribution in [3.05, 3.63) is 58.9 Å². The number of likely N-dealkylation sites (tertiary alicyclic amines) is 1. The van der Waals surface area contributed by atoms with Crippen molar-refractivity contribution < 1.29 is 19.4 Å². The fraction of sp³-hybridized carbons (Fsp3) is 0.409. The first-order valence-corrected chi connectivity index (χ1v) is 9.68. The van der Waals surface area contributed by atoms with E-state index >= 15 is 0 Å². The number of hydrogen-bond acceptors (Lipinski definition) is 4. The molecule has 1 amide bonds. The Hall–Kier alpha value is -2.89. The van der Waals surface area contributed by atoms with Crippen LogP contribution in [-0.2, 0) is 11.2 Å². The Morgan fingerprint density at radius 1 is 1.21 bits per heavy atom. The van der Waals surface area contributed by atoms with Gasteiger partial charge in [0.25, 0.3) is 5.91 Å². The first-order valence-electron chi connectivity index (χ1n) is 9.68. The first-order chi connectivity index (χ1) is 13.5. The van der Waals surface area contributed by atoms with Crippen LogP contribution in [0.1, 0.15) is 53.0 Å². The maximum Gasteiger partial charge on any atom is 0.335 e. The topological polar surface area (TPSA) is 79.7 Å². The SMILES string of the molecule is CCc1nc(C)ccc1OCC(=O)N1CCCC(c2ccc(C(=O)O)cc2)C1. The van der Waals surface area contributed by atoms with E-state index in [2.05, 4.69) is 4.98 Å². The molecule has 1 saturated heterocycles. The third kappa shape index (κ3) is 4.68. The van der Waals surface area contributed by atoms with Gasteiger partial charge >= 0.3 is 5.97 Å². The van der Waals surface area contributed by atoms with E-state index in [0.717, 1.165) is 42.8 Å². The van der Waals surface area contributed by atoms with E-state index in [4.69, 9.17) is 9.84 Å². The highest BCUT2D eigenvalue weighted by Crippen LogP contribution is 2.27. The van der Waals surface area contributed by atoms with Crippen LogP contribution in [0.4, 0.5) is 0 Å². The predicted octanol–water partition coefficient (Wildman–Crippen LogP) is 3.44. The van der Waals surface area contributed by atoms with Crippen molar-refractivity contribution in [3.8, 4) is 5.75 Å². The number of carboxylic acid groups (broad SMARTS) is 1. The molecule has 0 bridgehead atoms. The summed E-state index contributed by atoms with van der Waals surface area (Å²) in [6.45, 7) is 5.30. The van der Waals surface area contributed by atoms with Gasteiger partial charge in [-0.3, -0.25) is 9.78 Å². The fourth-order valence-corrected chi connectivity index (χ4v) is 3.59. The zero-order valence-corrected chi connectivity index (χ0v) is 16.4. The van der Waals surface area contributed by atoms with E-state index in [0.29, 0.717) is 12.3 Å². The summed E-state index contributed by atoms with van der Waals surface area (Å²) in [6.07, 6.45) is 2.66. The van der Waals surface area contributed by atoms with Gasteiger partial charge in [0.05, 0.1) is 11.3 Å². The highest BCUT2D eigenvalue weighted by Gasteiger charge is 2.25. The molecule has 2 aromatic rings. The van der Waals surface area contributed by atoms with Gasteiger partial charge in [-0.2, -0.15) is 0 Å². The lowest BCUT2D eigenvalue weighted by molar-refractivity contribution is -0.134. The van der Waals surface area contributed by atoms with Crippen LogP contribution in [0.15, 0.2) is 36.4 Å². The molecule has 1 N–H and O–H groups in total. The van der Waals surface area contributed by atoms with Crippen LogP contribution >= 0.6 is 0 Å². The van der Waals surface area contributed by atoms with Crippen molar-refractivity contribution >= 4 is 11.9 Å². The molecular formula is C22H26N2O4. The number of aromatic nitrogens is 1. The Kier molecular flexibility index (Phi) is 6.29. The minimum atomic E-state index is -0.929. The molecule has 1 aromatic carbocycles. The van der Waals surface area contributed by atoms with Crippen molar-refractivity contribution in [2.75, 3.05) is 19.7 Å². The molecular weight excluding hydrogens is 356 g/mol. The van der Waals surface area contributed by atoms with Gasteiger partial charge in [0.15, 0.2) is 6.61 Å². The average Bonchev–Trinajstić information content (AvgIpc) is 2.72. The number of rotatable bonds is 6. The Labute approximate surface area is 165 Å². The molecule has 1 aliphatic rings. The van der Waals surface area contributed by atoms with E-state index in [1.165, 1.54) is 0 Å². The second-order valence-corrected chi connectivity index (χ2v) is 7.15. The van der Waals surface area contributed by atoms with Crippen LogP contribution in [0.25, 0.3) is 0 Å².